The second kappa shape index (κ2) is 9.21. The number of piperidine rings is 1. The van der Waals surface area contributed by atoms with Crippen molar-refractivity contribution < 1.29 is 9.18 Å². The van der Waals surface area contributed by atoms with Gasteiger partial charge in [0.1, 0.15) is 11.6 Å². The van der Waals surface area contributed by atoms with E-state index in [1.807, 2.05) is 24.3 Å². The topological polar surface area (TPSA) is 139 Å². The van der Waals surface area contributed by atoms with Crippen LogP contribution in [0.2, 0.25) is 0 Å². The normalized spacial score (nSPS) is 18.1. The molecule has 9 nitrogen and oxygen atoms in total. The van der Waals surface area contributed by atoms with Gasteiger partial charge in [-0.05, 0) is 38.0 Å². The van der Waals surface area contributed by atoms with Gasteiger partial charge in [0, 0.05) is 41.7 Å². The van der Waals surface area contributed by atoms with Crippen LogP contribution in [-0.4, -0.2) is 38.7 Å². The first-order chi connectivity index (χ1) is 16.9. The SMILES string of the molecule is C[C@@H]1CC[C@H](C(=O)NCc2ccccc2F)CN1c1cc(-c2ccc3c(N)n[nH]c3c2)nc(N)n1. The van der Waals surface area contributed by atoms with Crippen molar-refractivity contribution in [3.05, 3.63) is 59.9 Å². The van der Waals surface area contributed by atoms with E-state index < -0.39 is 0 Å². The van der Waals surface area contributed by atoms with Crippen molar-refractivity contribution in [3.8, 4) is 11.3 Å². The first kappa shape index (κ1) is 22.6. The van der Waals surface area contributed by atoms with Crippen molar-refractivity contribution in [1.29, 1.82) is 0 Å². The molecule has 1 aliphatic rings. The van der Waals surface area contributed by atoms with E-state index in [9.17, 15) is 9.18 Å². The van der Waals surface area contributed by atoms with Gasteiger partial charge in [-0.2, -0.15) is 10.1 Å². The molecule has 4 aromatic rings. The van der Waals surface area contributed by atoms with E-state index in [-0.39, 0.29) is 36.2 Å². The summed E-state index contributed by atoms with van der Waals surface area (Å²) in [6.07, 6.45) is 1.56. The van der Waals surface area contributed by atoms with Crippen molar-refractivity contribution in [1.82, 2.24) is 25.5 Å². The fraction of sp³-hybridized carbons (Fsp3) is 0.280. The summed E-state index contributed by atoms with van der Waals surface area (Å²) in [6.45, 7) is 2.74. The zero-order valence-corrected chi connectivity index (χ0v) is 19.3. The van der Waals surface area contributed by atoms with Crippen LogP contribution in [0.5, 0.6) is 0 Å². The van der Waals surface area contributed by atoms with Crippen molar-refractivity contribution in [2.24, 2.45) is 5.92 Å². The highest BCUT2D eigenvalue weighted by atomic mass is 19.1. The quantitative estimate of drug-likeness (QED) is 0.348. The number of fused-ring (bicyclic) bond motifs is 1. The van der Waals surface area contributed by atoms with E-state index in [1.165, 1.54) is 6.07 Å². The number of hydrogen-bond donors (Lipinski definition) is 4. The van der Waals surface area contributed by atoms with Crippen LogP contribution in [0.4, 0.5) is 22.0 Å². The number of rotatable bonds is 5. The second-order valence-corrected chi connectivity index (χ2v) is 8.92. The third kappa shape index (κ3) is 4.59. The molecular weight excluding hydrogens is 447 g/mol. The Bertz CT molecular complexity index is 1390. The van der Waals surface area contributed by atoms with Crippen LogP contribution in [0.1, 0.15) is 25.3 Å². The maximum Gasteiger partial charge on any atom is 0.225 e. The summed E-state index contributed by atoms with van der Waals surface area (Å²) in [7, 11) is 0. The summed E-state index contributed by atoms with van der Waals surface area (Å²) in [5.41, 5.74) is 14.7. The Morgan fingerprint density at radius 3 is 2.83 bits per heavy atom. The molecule has 0 spiro atoms. The van der Waals surface area contributed by atoms with Crippen molar-refractivity contribution in [2.45, 2.75) is 32.4 Å². The van der Waals surface area contributed by atoms with E-state index in [0.29, 0.717) is 29.4 Å². The molecule has 10 heteroatoms. The molecule has 0 bridgehead atoms. The van der Waals surface area contributed by atoms with Crippen molar-refractivity contribution in [2.75, 3.05) is 22.9 Å². The molecule has 180 valence electrons. The molecule has 0 saturated carbocycles. The van der Waals surface area contributed by atoms with Gasteiger partial charge in [0.05, 0.1) is 17.1 Å². The number of nitrogens with two attached hydrogens (primary N) is 2. The maximum absolute atomic E-state index is 13.9. The Balaban J connectivity index is 1.35. The molecule has 6 N–H and O–H groups in total. The van der Waals surface area contributed by atoms with Gasteiger partial charge in [-0.3, -0.25) is 9.89 Å². The summed E-state index contributed by atoms with van der Waals surface area (Å²) >= 11 is 0. The van der Waals surface area contributed by atoms with Gasteiger partial charge in [0.2, 0.25) is 11.9 Å². The zero-order chi connectivity index (χ0) is 24.5. The Morgan fingerprint density at radius 2 is 2.00 bits per heavy atom. The lowest BCUT2D eigenvalue weighted by atomic mass is 9.92. The van der Waals surface area contributed by atoms with Gasteiger partial charge < -0.3 is 21.7 Å². The number of anilines is 3. The van der Waals surface area contributed by atoms with Crippen LogP contribution >= 0.6 is 0 Å². The van der Waals surface area contributed by atoms with Crippen LogP contribution in [-0.2, 0) is 11.3 Å². The number of nitrogen functional groups attached to an aromatic ring is 2. The Hall–Kier alpha value is -4.21. The number of carbonyl (C=O) groups excluding carboxylic acids is 1. The molecule has 1 saturated heterocycles. The monoisotopic (exact) mass is 474 g/mol. The highest BCUT2D eigenvalue weighted by Gasteiger charge is 2.31. The number of aromatic nitrogens is 4. The van der Waals surface area contributed by atoms with E-state index in [2.05, 4.69) is 37.3 Å². The van der Waals surface area contributed by atoms with E-state index in [1.54, 1.807) is 18.2 Å². The molecular formula is C25H27FN8O. The number of H-pyrrole nitrogens is 1. The summed E-state index contributed by atoms with van der Waals surface area (Å²) in [5, 5.41) is 10.7. The van der Waals surface area contributed by atoms with E-state index in [0.717, 1.165) is 29.3 Å². The average Bonchev–Trinajstić information content (AvgIpc) is 3.23. The van der Waals surface area contributed by atoms with Crippen LogP contribution in [0, 0.1) is 11.7 Å². The van der Waals surface area contributed by atoms with Gasteiger partial charge in [0.25, 0.3) is 0 Å². The smallest absolute Gasteiger partial charge is 0.225 e. The first-order valence-electron chi connectivity index (χ1n) is 11.6. The number of halogens is 1. The minimum atomic E-state index is -0.327. The highest BCUT2D eigenvalue weighted by molar-refractivity contribution is 5.91. The fourth-order valence-electron chi connectivity index (χ4n) is 4.56. The molecule has 5 rings (SSSR count). The standard InChI is InChI=1S/C25H27FN8O/c1-14-6-7-17(24(35)29-12-16-4-2-3-5-19(16)26)13-34(14)22-11-20(30-25(28)31-22)15-8-9-18-21(10-15)32-33-23(18)27/h2-5,8-11,14,17H,6-7,12-13H2,1H3,(H,29,35)(H3,27,32,33)(H2,28,30,31)/t14-,17+/m1/s1. The van der Waals surface area contributed by atoms with Gasteiger partial charge in [-0.25, -0.2) is 9.37 Å². The second-order valence-electron chi connectivity index (χ2n) is 8.92. The number of carbonyl (C=O) groups is 1. The molecule has 0 unspecified atom stereocenters. The molecule has 1 fully saturated rings. The lowest BCUT2D eigenvalue weighted by molar-refractivity contribution is -0.125. The molecule has 3 heterocycles. The van der Waals surface area contributed by atoms with Crippen LogP contribution in [0.25, 0.3) is 22.2 Å². The van der Waals surface area contributed by atoms with E-state index >= 15 is 0 Å². The van der Waals surface area contributed by atoms with Crippen LogP contribution in [0.3, 0.4) is 0 Å². The first-order valence-corrected chi connectivity index (χ1v) is 11.6. The predicted octanol–water partition coefficient (Wildman–Crippen LogP) is 3.24. The third-order valence-corrected chi connectivity index (χ3v) is 6.58. The number of benzene rings is 2. The number of aromatic amines is 1. The number of amides is 1. The van der Waals surface area contributed by atoms with Gasteiger partial charge in [-0.1, -0.05) is 24.3 Å². The largest absolute Gasteiger partial charge is 0.382 e. The van der Waals surface area contributed by atoms with Crippen LogP contribution in [0.15, 0.2) is 48.5 Å². The number of nitrogens with one attached hydrogen (secondary N) is 2. The summed E-state index contributed by atoms with van der Waals surface area (Å²) in [6, 6.07) is 14.2. The zero-order valence-electron chi connectivity index (χ0n) is 19.3. The minimum Gasteiger partial charge on any atom is -0.382 e. The van der Waals surface area contributed by atoms with Gasteiger partial charge in [0.15, 0.2) is 5.82 Å². The molecule has 2 atom stereocenters. The molecule has 0 aliphatic carbocycles. The van der Waals surface area contributed by atoms with Crippen LogP contribution < -0.4 is 21.7 Å². The van der Waals surface area contributed by atoms with E-state index in [4.69, 9.17) is 11.5 Å². The molecule has 2 aromatic carbocycles. The fourth-order valence-corrected chi connectivity index (χ4v) is 4.56. The van der Waals surface area contributed by atoms with Crippen molar-refractivity contribution >= 4 is 34.4 Å². The molecule has 35 heavy (non-hydrogen) atoms. The van der Waals surface area contributed by atoms with Gasteiger partial charge in [-0.15, -0.1) is 0 Å². The Morgan fingerprint density at radius 1 is 1.17 bits per heavy atom. The third-order valence-electron chi connectivity index (χ3n) is 6.58. The predicted molar refractivity (Wildman–Crippen MR) is 134 cm³/mol. The minimum absolute atomic E-state index is 0.102. The number of hydrogen-bond acceptors (Lipinski definition) is 7. The van der Waals surface area contributed by atoms with Crippen molar-refractivity contribution in [3.63, 3.8) is 0 Å². The highest BCUT2D eigenvalue weighted by Crippen LogP contribution is 2.31. The number of nitrogens with zero attached hydrogens (tertiary/aromatic N) is 4. The summed E-state index contributed by atoms with van der Waals surface area (Å²) in [5.74, 6) is 0.579. The molecule has 1 aliphatic heterocycles. The molecule has 0 radical (unpaired) electrons. The Labute approximate surface area is 201 Å². The lowest BCUT2D eigenvalue weighted by Gasteiger charge is -2.38. The Kier molecular flexibility index (Phi) is 5.94. The average molecular weight is 475 g/mol. The maximum atomic E-state index is 13.9. The lowest BCUT2D eigenvalue weighted by Crippen LogP contribution is -2.47. The van der Waals surface area contributed by atoms with Gasteiger partial charge >= 0.3 is 0 Å². The molecule has 1 amide bonds. The summed E-state index contributed by atoms with van der Waals surface area (Å²) in [4.78, 5) is 23.9. The molecule has 2 aromatic heterocycles. The summed E-state index contributed by atoms with van der Waals surface area (Å²) < 4.78 is 13.9.